The molecule has 0 bridgehead atoms. The van der Waals surface area contributed by atoms with Gasteiger partial charge in [-0.15, -0.1) is 0 Å². The van der Waals surface area contributed by atoms with Crippen molar-refractivity contribution in [3.8, 4) is 0 Å². The zero-order valence-corrected chi connectivity index (χ0v) is 9.43. The highest BCUT2D eigenvalue weighted by atomic mass is 19.1. The number of pyridine rings is 1. The van der Waals surface area contributed by atoms with Crippen LogP contribution in [0.1, 0.15) is 18.9 Å². The van der Waals surface area contributed by atoms with Crippen molar-refractivity contribution in [3.63, 3.8) is 0 Å². The molecule has 1 aliphatic rings. The van der Waals surface area contributed by atoms with E-state index in [1.165, 1.54) is 10.6 Å². The summed E-state index contributed by atoms with van der Waals surface area (Å²) in [4.78, 5) is 16.1. The Balaban J connectivity index is 2.24. The van der Waals surface area contributed by atoms with Crippen LogP contribution in [0.25, 0.3) is 11.2 Å². The summed E-state index contributed by atoms with van der Waals surface area (Å²) in [6, 6.07) is 1.58. The van der Waals surface area contributed by atoms with E-state index in [0.717, 1.165) is 19.0 Å². The fourth-order valence-corrected chi connectivity index (χ4v) is 2.38. The molecule has 0 saturated heterocycles. The first-order valence-corrected chi connectivity index (χ1v) is 5.56. The van der Waals surface area contributed by atoms with Gasteiger partial charge in [-0.2, -0.15) is 0 Å². The standard InChI is InChI=1S/C11H13FN4O/c1-15-9-2-6(12)5-14-10(9)16(11(15)17)8-3-7(13)4-8/h2,5,7-8H,3-4,13H2,1H3. The molecule has 0 aromatic carbocycles. The van der Waals surface area contributed by atoms with Crippen LogP contribution in [0.5, 0.6) is 0 Å². The highest BCUT2D eigenvalue weighted by Crippen LogP contribution is 2.31. The highest BCUT2D eigenvalue weighted by Gasteiger charge is 2.31. The smallest absolute Gasteiger partial charge is 0.328 e. The maximum atomic E-state index is 13.1. The summed E-state index contributed by atoms with van der Waals surface area (Å²) in [7, 11) is 1.63. The van der Waals surface area contributed by atoms with Crippen LogP contribution in [0.15, 0.2) is 17.1 Å². The molecule has 0 radical (unpaired) electrons. The predicted octanol–water partition coefficient (Wildman–Crippen LogP) is 0.536. The average molecular weight is 236 g/mol. The van der Waals surface area contributed by atoms with Crippen molar-refractivity contribution in [1.29, 1.82) is 0 Å². The predicted molar refractivity (Wildman–Crippen MR) is 61.2 cm³/mol. The molecule has 0 unspecified atom stereocenters. The maximum absolute atomic E-state index is 13.1. The van der Waals surface area contributed by atoms with Gasteiger partial charge in [0.05, 0.1) is 11.7 Å². The molecule has 1 saturated carbocycles. The minimum atomic E-state index is -0.435. The van der Waals surface area contributed by atoms with Crippen LogP contribution in [-0.2, 0) is 7.05 Å². The van der Waals surface area contributed by atoms with E-state index in [2.05, 4.69) is 4.98 Å². The number of aryl methyl sites for hydroxylation is 1. The lowest BCUT2D eigenvalue weighted by Gasteiger charge is -2.32. The maximum Gasteiger partial charge on any atom is 0.330 e. The molecular formula is C11H13FN4O. The Labute approximate surface area is 96.7 Å². The van der Waals surface area contributed by atoms with Crippen molar-refractivity contribution in [2.24, 2.45) is 12.8 Å². The molecule has 1 aliphatic carbocycles. The number of fused-ring (bicyclic) bond motifs is 1. The van der Waals surface area contributed by atoms with Crippen LogP contribution in [0.2, 0.25) is 0 Å². The van der Waals surface area contributed by atoms with Gasteiger partial charge >= 0.3 is 5.69 Å². The minimum absolute atomic E-state index is 0.0964. The van der Waals surface area contributed by atoms with Crippen molar-refractivity contribution in [2.75, 3.05) is 0 Å². The molecule has 2 aromatic heterocycles. The zero-order valence-electron chi connectivity index (χ0n) is 9.43. The fourth-order valence-electron chi connectivity index (χ4n) is 2.38. The summed E-state index contributed by atoms with van der Waals surface area (Å²) < 4.78 is 16.2. The van der Waals surface area contributed by atoms with Crippen LogP contribution in [0.3, 0.4) is 0 Å². The molecule has 90 valence electrons. The van der Waals surface area contributed by atoms with Crippen molar-refractivity contribution in [2.45, 2.75) is 24.9 Å². The molecule has 1 fully saturated rings. The normalized spacial score (nSPS) is 23.9. The van der Waals surface area contributed by atoms with E-state index in [1.807, 2.05) is 0 Å². The van der Waals surface area contributed by atoms with Gasteiger partial charge in [-0.3, -0.25) is 9.13 Å². The van der Waals surface area contributed by atoms with Gasteiger partial charge in [-0.25, -0.2) is 14.2 Å². The third-order valence-electron chi connectivity index (χ3n) is 3.41. The Bertz CT molecular complexity index is 639. The van der Waals surface area contributed by atoms with Crippen LogP contribution in [0, 0.1) is 5.82 Å². The van der Waals surface area contributed by atoms with E-state index in [4.69, 9.17) is 5.73 Å². The summed E-state index contributed by atoms with van der Waals surface area (Å²) in [5.74, 6) is -0.435. The lowest BCUT2D eigenvalue weighted by Crippen LogP contribution is -2.41. The number of rotatable bonds is 1. The molecule has 2 heterocycles. The Morgan fingerprint density at radius 3 is 2.88 bits per heavy atom. The molecule has 0 spiro atoms. The van der Waals surface area contributed by atoms with Gasteiger partial charge in [-0.05, 0) is 12.8 Å². The van der Waals surface area contributed by atoms with Gasteiger partial charge in [0.1, 0.15) is 5.82 Å². The summed E-state index contributed by atoms with van der Waals surface area (Å²) in [6.07, 6.45) is 2.69. The first kappa shape index (κ1) is 10.5. The van der Waals surface area contributed by atoms with Crippen LogP contribution >= 0.6 is 0 Å². The van der Waals surface area contributed by atoms with Crippen molar-refractivity contribution in [3.05, 3.63) is 28.6 Å². The summed E-state index contributed by atoms with van der Waals surface area (Å²) in [5.41, 5.74) is 6.63. The highest BCUT2D eigenvalue weighted by molar-refractivity contribution is 5.71. The Morgan fingerprint density at radius 2 is 2.24 bits per heavy atom. The lowest BCUT2D eigenvalue weighted by atomic mass is 9.87. The second-order valence-electron chi connectivity index (χ2n) is 4.59. The SMILES string of the molecule is Cn1c(=O)n(C2CC(N)C2)c2ncc(F)cc21. The van der Waals surface area contributed by atoms with Crippen molar-refractivity contribution >= 4 is 11.2 Å². The van der Waals surface area contributed by atoms with Gasteiger partial charge in [-0.1, -0.05) is 0 Å². The molecule has 0 amide bonds. The molecular weight excluding hydrogens is 223 g/mol. The number of hydrogen-bond acceptors (Lipinski definition) is 3. The number of nitrogens with two attached hydrogens (primary N) is 1. The summed E-state index contributed by atoms with van der Waals surface area (Å²) in [5, 5.41) is 0. The van der Waals surface area contributed by atoms with Crippen molar-refractivity contribution < 1.29 is 4.39 Å². The van der Waals surface area contributed by atoms with E-state index < -0.39 is 5.82 Å². The molecule has 6 heteroatoms. The van der Waals surface area contributed by atoms with E-state index in [1.54, 1.807) is 11.6 Å². The van der Waals surface area contributed by atoms with Crippen LogP contribution in [-0.4, -0.2) is 20.2 Å². The average Bonchev–Trinajstić information content (AvgIpc) is 2.49. The Kier molecular flexibility index (Phi) is 2.09. The first-order chi connectivity index (χ1) is 8.08. The molecule has 2 N–H and O–H groups in total. The minimum Gasteiger partial charge on any atom is -0.328 e. The lowest BCUT2D eigenvalue weighted by molar-refractivity contribution is 0.264. The quantitative estimate of drug-likeness (QED) is 0.785. The number of hydrogen-bond donors (Lipinski definition) is 1. The molecule has 3 rings (SSSR count). The number of imidazole rings is 1. The Hall–Kier alpha value is -1.69. The van der Waals surface area contributed by atoms with E-state index in [0.29, 0.717) is 11.2 Å². The second-order valence-corrected chi connectivity index (χ2v) is 4.59. The topological polar surface area (TPSA) is 65.8 Å². The van der Waals surface area contributed by atoms with Crippen molar-refractivity contribution in [1.82, 2.24) is 14.1 Å². The fraction of sp³-hybridized carbons (Fsp3) is 0.455. The molecule has 2 aromatic rings. The van der Waals surface area contributed by atoms with E-state index in [-0.39, 0.29) is 17.8 Å². The number of nitrogens with zero attached hydrogens (tertiary/aromatic N) is 3. The van der Waals surface area contributed by atoms with E-state index in [9.17, 15) is 9.18 Å². The second kappa shape index (κ2) is 3.40. The van der Waals surface area contributed by atoms with Gasteiger partial charge < -0.3 is 5.73 Å². The molecule has 17 heavy (non-hydrogen) atoms. The molecule has 0 atom stereocenters. The summed E-state index contributed by atoms with van der Waals surface area (Å²) >= 11 is 0. The largest absolute Gasteiger partial charge is 0.330 e. The van der Waals surface area contributed by atoms with Gasteiger partial charge in [0.2, 0.25) is 0 Å². The molecule has 5 nitrogen and oxygen atoms in total. The van der Waals surface area contributed by atoms with Gasteiger partial charge in [0.25, 0.3) is 0 Å². The Morgan fingerprint density at radius 1 is 1.53 bits per heavy atom. The monoisotopic (exact) mass is 236 g/mol. The van der Waals surface area contributed by atoms with E-state index >= 15 is 0 Å². The van der Waals surface area contributed by atoms with Crippen LogP contribution < -0.4 is 11.4 Å². The zero-order chi connectivity index (χ0) is 12.2. The number of halogens is 1. The third-order valence-corrected chi connectivity index (χ3v) is 3.41. The third kappa shape index (κ3) is 1.40. The van der Waals surface area contributed by atoms with Gasteiger partial charge in [0, 0.05) is 25.2 Å². The first-order valence-electron chi connectivity index (χ1n) is 5.56. The molecule has 0 aliphatic heterocycles. The van der Waals surface area contributed by atoms with Crippen LogP contribution in [0.4, 0.5) is 4.39 Å². The van der Waals surface area contributed by atoms with Gasteiger partial charge in [0.15, 0.2) is 5.65 Å². The number of aromatic nitrogens is 3. The summed E-state index contributed by atoms with van der Waals surface area (Å²) in [6.45, 7) is 0.